The summed E-state index contributed by atoms with van der Waals surface area (Å²) in [5, 5.41) is 11.5. The van der Waals surface area contributed by atoms with E-state index in [4.69, 9.17) is 27.9 Å². The van der Waals surface area contributed by atoms with Crippen LogP contribution in [0.2, 0.25) is 10.0 Å². The van der Waals surface area contributed by atoms with Crippen LogP contribution in [0.4, 0.5) is 0 Å². The van der Waals surface area contributed by atoms with Gasteiger partial charge in [0.1, 0.15) is 12.1 Å². The number of aldehydes is 1. The van der Waals surface area contributed by atoms with Gasteiger partial charge in [-0.2, -0.15) is 0 Å². The van der Waals surface area contributed by atoms with Gasteiger partial charge in [-0.25, -0.2) is 14.6 Å². The predicted octanol–water partition coefficient (Wildman–Crippen LogP) is 1.58. The smallest absolute Gasteiger partial charge is 0.327 e. The number of hydrogen-bond donors (Lipinski definition) is 0. The number of ether oxygens (including phenoxy) is 2. The third kappa shape index (κ3) is 3.04. The van der Waals surface area contributed by atoms with Gasteiger partial charge in [-0.1, -0.05) is 23.2 Å². The summed E-state index contributed by atoms with van der Waals surface area (Å²) in [7, 11) is 2.59. The first kappa shape index (κ1) is 18.0. The maximum Gasteiger partial charge on any atom is 0.327 e. The first-order chi connectivity index (χ1) is 12.5. The van der Waals surface area contributed by atoms with Crippen LogP contribution in [0, 0.1) is 0 Å². The monoisotopic (exact) mass is 396 g/mol. The quantitative estimate of drug-likeness (QED) is 0.466. The van der Waals surface area contributed by atoms with Crippen molar-refractivity contribution in [3.8, 4) is 17.3 Å². The molecule has 0 aliphatic rings. The number of methoxy groups -OCH3 is 2. The molecule has 0 radical (unpaired) electrons. The Bertz CT molecular complexity index is 1020. The third-order valence-electron chi connectivity index (χ3n) is 3.41. The minimum atomic E-state index is -0.562. The van der Waals surface area contributed by atoms with Crippen molar-refractivity contribution in [1.82, 2.24) is 30.2 Å². The molecule has 0 saturated carbocycles. The van der Waals surface area contributed by atoms with Gasteiger partial charge in [-0.15, -0.1) is 5.10 Å². The van der Waals surface area contributed by atoms with E-state index in [1.807, 2.05) is 0 Å². The lowest BCUT2D eigenvalue weighted by Crippen LogP contribution is -2.14. The van der Waals surface area contributed by atoms with Gasteiger partial charge in [0.2, 0.25) is 5.88 Å². The Morgan fingerprint density at radius 1 is 1.31 bits per heavy atom. The number of benzene rings is 1. The molecular formula is C14H10Cl2N6O4. The summed E-state index contributed by atoms with van der Waals surface area (Å²) in [6, 6.07) is 1.45. The van der Waals surface area contributed by atoms with Gasteiger partial charge in [0, 0.05) is 0 Å². The molecule has 3 aromatic rings. The number of hydrogen-bond acceptors (Lipinski definition) is 9. The lowest BCUT2D eigenvalue weighted by Gasteiger charge is -2.11. The Morgan fingerprint density at radius 2 is 2.08 bits per heavy atom. The topological polar surface area (TPSA) is 122 Å². The lowest BCUT2D eigenvalue weighted by atomic mass is 10.1. The van der Waals surface area contributed by atoms with Crippen molar-refractivity contribution in [3.05, 3.63) is 21.8 Å². The summed E-state index contributed by atoms with van der Waals surface area (Å²) >= 11 is 12.5. The van der Waals surface area contributed by atoms with E-state index in [0.29, 0.717) is 6.29 Å². The van der Waals surface area contributed by atoms with Gasteiger partial charge in [-0.3, -0.25) is 9.59 Å². The molecule has 0 atom stereocenters. The Labute approximate surface area is 156 Å². The van der Waals surface area contributed by atoms with E-state index in [0.717, 1.165) is 0 Å². The highest BCUT2D eigenvalue weighted by molar-refractivity contribution is 6.45. The van der Waals surface area contributed by atoms with E-state index in [1.165, 1.54) is 25.0 Å². The summed E-state index contributed by atoms with van der Waals surface area (Å²) in [6.07, 6.45) is 0.509. The SMILES string of the molecule is COC(=O)Cn1nnnc1-c1c(Cl)c(Cl)cc2nc(C=O)c(OC)nc12. The molecule has 10 nitrogen and oxygen atoms in total. The summed E-state index contributed by atoms with van der Waals surface area (Å²) < 4.78 is 10.9. The van der Waals surface area contributed by atoms with Crippen molar-refractivity contribution in [1.29, 1.82) is 0 Å². The number of rotatable bonds is 5. The molecule has 0 unspecified atom stereocenters. The molecule has 0 aliphatic carbocycles. The third-order valence-corrected chi connectivity index (χ3v) is 4.20. The van der Waals surface area contributed by atoms with Crippen molar-refractivity contribution in [3.63, 3.8) is 0 Å². The van der Waals surface area contributed by atoms with E-state index >= 15 is 0 Å². The molecule has 26 heavy (non-hydrogen) atoms. The van der Waals surface area contributed by atoms with Gasteiger partial charge in [-0.05, 0) is 16.5 Å². The number of carbonyl (C=O) groups excluding carboxylic acids is 2. The number of aromatic nitrogens is 6. The van der Waals surface area contributed by atoms with Crippen LogP contribution in [0.3, 0.4) is 0 Å². The van der Waals surface area contributed by atoms with Crippen molar-refractivity contribution < 1.29 is 19.1 Å². The Hall–Kier alpha value is -2.85. The number of tetrazole rings is 1. The first-order valence-electron chi connectivity index (χ1n) is 7.02. The Kier molecular flexibility index (Phi) is 4.96. The summed E-state index contributed by atoms with van der Waals surface area (Å²) in [4.78, 5) is 31.2. The van der Waals surface area contributed by atoms with Gasteiger partial charge < -0.3 is 9.47 Å². The molecule has 0 saturated heterocycles. The van der Waals surface area contributed by atoms with Crippen LogP contribution in [0.5, 0.6) is 5.88 Å². The largest absolute Gasteiger partial charge is 0.479 e. The minimum absolute atomic E-state index is 0.000804. The van der Waals surface area contributed by atoms with Crippen LogP contribution < -0.4 is 4.74 Å². The molecule has 0 spiro atoms. The van der Waals surface area contributed by atoms with E-state index in [9.17, 15) is 9.59 Å². The number of carbonyl (C=O) groups is 2. The van der Waals surface area contributed by atoms with E-state index in [-0.39, 0.29) is 50.6 Å². The second-order valence-electron chi connectivity index (χ2n) is 4.89. The lowest BCUT2D eigenvalue weighted by molar-refractivity contribution is -0.141. The maximum atomic E-state index is 11.6. The summed E-state index contributed by atoms with van der Waals surface area (Å²) in [5.74, 6) is -0.435. The van der Waals surface area contributed by atoms with Crippen LogP contribution in [0.1, 0.15) is 10.5 Å². The fraction of sp³-hybridized carbons (Fsp3) is 0.214. The van der Waals surface area contributed by atoms with E-state index in [1.54, 1.807) is 0 Å². The van der Waals surface area contributed by atoms with Crippen LogP contribution in [0.15, 0.2) is 6.07 Å². The molecule has 2 aromatic heterocycles. The van der Waals surface area contributed by atoms with Crippen molar-refractivity contribution >= 4 is 46.5 Å². The standard InChI is InChI=1S/C14H10Cl2N6O4/c1-25-9(24)4-22-13(19-20-21-22)10-11(16)6(15)3-7-12(10)18-14(26-2)8(5-23)17-7/h3,5H,4H2,1-2H3. The zero-order valence-electron chi connectivity index (χ0n) is 13.4. The zero-order valence-corrected chi connectivity index (χ0v) is 14.9. The van der Waals surface area contributed by atoms with Crippen LogP contribution in [0.25, 0.3) is 22.4 Å². The van der Waals surface area contributed by atoms with Gasteiger partial charge >= 0.3 is 5.97 Å². The maximum absolute atomic E-state index is 11.6. The highest BCUT2D eigenvalue weighted by Crippen LogP contribution is 2.38. The Morgan fingerprint density at radius 3 is 2.73 bits per heavy atom. The fourth-order valence-corrected chi connectivity index (χ4v) is 2.67. The second-order valence-corrected chi connectivity index (χ2v) is 5.67. The minimum Gasteiger partial charge on any atom is -0.479 e. The molecule has 0 aliphatic heterocycles. The average Bonchev–Trinajstić information content (AvgIpc) is 3.09. The molecular weight excluding hydrogens is 387 g/mol. The number of nitrogens with zero attached hydrogens (tertiary/aromatic N) is 6. The first-order valence-corrected chi connectivity index (χ1v) is 7.78. The van der Waals surface area contributed by atoms with Crippen LogP contribution >= 0.6 is 23.2 Å². The number of fused-ring (bicyclic) bond motifs is 1. The molecule has 0 bridgehead atoms. The predicted molar refractivity (Wildman–Crippen MR) is 90.3 cm³/mol. The van der Waals surface area contributed by atoms with Crippen molar-refractivity contribution in [2.45, 2.75) is 6.54 Å². The molecule has 12 heteroatoms. The number of halogens is 2. The van der Waals surface area contributed by atoms with Gasteiger partial charge in [0.05, 0.1) is 35.3 Å². The molecule has 0 N–H and O–H groups in total. The molecule has 1 aromatic carbocycles. The number of esters is 1. The Balaban J connectivity index is 2.32. The van der Waals surface area contributed by atoms with E-state index < -0.39 is 5.97 Å². The molecule has 0 amide bonds. The highest BCUT2D eigenvalue weighted by Gasteiger charge is 2.23. The van der Waals surface area contributed by atoms with Gasteiger partial charge in [0.25, 0.3) is 0 Å². The van der Waals surface area contributed by atoms with Gasteiger partial charge in [0.15, 0.2) is 17.8 Å². The molecule has 3 rings (SSSR count). The van der Waals surface area contributed by atoms with Crippen molar-refractivity contribution in [2.24, 2.45) is 0 Å². The molecule has 2 heterocycles. The summed E-state index contributed by atoms with van der Waals surface area (Å²) in [6.45, 7) is -0.250. The van der Waals surface area contributed by atoms with E-state index in [2.05, 4.69) is 30.2 Å². The summed E-state index contributed by atoms with van der Waals surface area (Å²) in [5.41, 5.74) is 0.775. The fourth-order valence-electron chi connectivity index (χ4n) is 2.25. The molecule has 0 fully saturated rings. The second kappa shape index (κ2) is 7.18. The highest BCUT2D eigenvalue weighted by atomic mass is 35.5. The zero-order chi connectivity index (χ0) is 18.8. The molecule has 134 valence electrons. The van der Waals surface area contributed by atoms with Crippen LogP contribution in [-0.4, -0.2) is 56.7 Å². The van der Waals surface area contributed by atoms with Crippen LogP contribution in [-0.2, 0) is 16.1 Å². The normalized spacial score (nSPS) is 10.8. The average molecular weight is 397 g/mol. The van der Waals surface area contributed by atoms with Crippen molar-refractivity contribution in [2.75, 3.05) is 14.2 Å².